The quantitative estimate of drug-likeness (QED) is 0.635. The molecule has 3 aliphatic rings. The second-order valence-corrected chi connectivity index (χ2v) is 9.97. The summed E-state index contributed by atoms with van der Waals surface area (Å²) in [5.41, 5.74) is 5.11. The minimum Gasteiger partial charge on any atom is -0.368 e. The van der Waals surface area contributed by atoms with Crippen LogP contribution in [0, 0.1) is 0 Å². The van der Waals surface area contributed by atoms with Crippen molar-refractivity contribution >= 4 is 17.3 Å². The number of piperidine rings is 1. The molecule has 1 aromatic carbocycles. The average molecular weight is 484 g/mol. The molecule has 188 valence electrons. The first-order chi connectivity index (χ1) is 17.7. The fraction of sp³-hybridized carbons (Fsp3) is 0.400. The molecule has 2 aliphatic heterocycles. The number of allylic oxidation sites excluding steroid dienone is 2. The molecule has 0 unspecified atom stereocenters. The molecule has 6 nitrogen and oxygen atoms in total. The maximum absolute atomic E-state index is 12.8. The number of nitrogens with one attached hydrogen (secondary N) is 1. The van der Waals surface area contributed by atoms with Gasteiger partial charge < -0.3 is 15.1 Å². The van der Waals surface area contributed by atoms with Crippen LogP contribution in [0.4, 0.5) is 5.69 Å². The monoisotopic (exact) mass is 483 g/mol. The van der Waals surface area contributed by atoms with Crippen LogP contribution in [0.1, 0.15) is 41.7 Å². The first kappa shape index (κ1) is 24.3. The van der Waals surface area contributed by atoms with E-state index in [4.69, 9.17) is 0 Å². The van der Waals surface area contributed by atoms with E-state index in [0.717, 1.165) is 82.8 Å². The number of anilines is 1. The first-order valence-electron chi connectivity index (χ1n) is 13.2. The number of piperazine rings is 1. The van der Waals surface area contributed by atoms with Crippen molar-refractivity contribution in [1.29, 1.82) is 0 Å². The number of benzene rings is 1. The average Bonchev–Trinajstić information content (AvgIpc) is 2.95. The predicted octanol–water partition coefficient (Wildman–Crippen LogP) is 4.35. The van der Waals surface area contributed by atoms with E-state index in [9.17, 15) is 4.79 Å². The van der Waals surface area contributed by atoms with E-state index >= 15 is 0 Å². The summed E-state index contributed by atoms with van der Waals surface area (Å²) in [5.74, 6) is -0.0833. The molecule has 0 bridgehead atoms. The van der Waals surface area contributed by atoms with Crippen LogP contribution in [0.5, 0.6) is 0 Å². The molecule has 0 radical (unpaired) electrons. The number of hydrogen-bond donors (Lipinski definition) is 1. The summed E-state index contributed by atoms with van der Waals surface area (Å²) < 4.78 is 0. The fourth-order valence-electron chi connectivity index (χ4n) is 5.29. The lowest BCUT2D eigenvalue weighted by Crippen LogP contribution is -2.45. The molecule has 6 heteroatoms. The van der Waals surface area contributed by atoms with Gasteiger partial charge in [-0.3, -0.25) is 14.7 Å². The molecule has 2 saturated heterocycles. The van der Waals surface area contributed by atoms with Gasteiger partial charge >= 0.3 is 0 Å². The van der Waals surface area contributed by atoms with Gasteiger partial charge in [-0.25, -0.2) is 0 Å². The summed E-state index contributed by atoms with van der Waals surface area (Å²) in [7, 11) is 0. The zero-order chi connectivity index (χ0) is 24.7. The maximum Gasteiger partial charge on any atom is 0.270 e. The van der Waals surface area contributed by atoms with Crippen LogP contribution in [0.15, 0.2) is 79.0 Å². The molecule has 2 fully saturated rings. The summed E-state index contributed by atoms with van der Waals surface area (Å²) >= 11 is 0. The van der Waals surface area contributed by atoms with Crippen molar-refractivity contribution in [1.82, 2.24) is 20.1 Å². The topological polar surface area (TPSA) is 51.7 Å². The Morgan fingerprint density at radius 2 is 1.75 bits per heavy atom. The normalized spacial score (nSPS) is 19.2. The number of hydrogen-bond acceptors (Lipinski definition) is 5. The molecule has 0 saturated carbocycles. The number of carbonyl (C=O) groups excluding carboxylic acids is 1. The number of aromatic nitrogens is 1. The Balaban J connectivity index is 1.08. The molecule has 1 aromatic heterocycles. The van der Waals surface area contributed by atoms with Crippen molar-refractivity contribution in [2.75, 3.05) is 50.7 Å². The standard InChI is InChI=1S/C30H37N5O/c1-24(34-18-20-35(21-19-34)28-10-6-3-7-11-28)26-12-13-29(31-22-26)30(36)32-27-14-16-33(17-15-27)23-25-8-4-2-5-9-25/h3-4,6-13,22,27H,1-2,5,14-21,23H2,(H,32,36). The van der Waals surface area contributed by atoms with E-state index in [1.165, 1.54) is 11.3 Å². The molecule has 1 N–H and O–H groups in total. The number of pyridine rings is 1. The van der Waals surface area contributed by atoms with Crippen molar-refractivity contribution < 1.29 is 4.79 Å². The van der Waals surface area contributed by atoms with E-state index in [1.807, 2.05) is 12.1 Å². The predicted molar refractivity (Wildman–Crippen MR) is 147 cm³/mol. The van der Waals surface area contributed by atoms with Crippen molar-refractivity contribution in [3.63, 3.8) is 0 Å². The molecule has 0 spiro atoms. The lowest BCUT2D eigenvalue weighted by Gasteiger charge is -2.38. The third-order valence-corrected chi connectivity index (χ3v) is 7.51. The third-order valence-electron chi connectivity index (χ3n) is 7.51. The number of rotatable bonds is 7. The number of amides is 1. The summed E-state index contributed by atoms with van der Waals surface area (Å²) in [6.45, 7) is 11.1. The molecule has 2 aromatic rings. The molecule has 36 heavy (non-hydrogen) atoms. The van der Waals surface area contributed by atoms with Crippen LogP contribution < -0.4 is 10.2 Å². The van der Waals surface area contributed by atoms with Gasteiger partial charge in [-0.05, 0) is 55.5 Å². The number of likely N-dealkylation sites (tertiary alicyclic amines) is 1. The Morgan fingerprint density at radius 1 is 0.972 bits per heavy atom. The third kappa shape index (κ3) is 6.05. The van der Waals surface area contributed by atoms with Gasteiger partial charge in [0.05, 0.1) is 0 Å². The molecule has 1 amide bonds. The molecular formula is C30H37N5O. The van der Waals surface area contributed by atoms with Gasteiger partial charge in [-0.15, -0.1) is 0 Å². The first-order valence-corrected chi connectivity index (χ1v) is 13.2. The van der Waals surface area contributed by atoms with Gasteiger partial charge in [-0.1, -0.05) is 43.0 Å². The van der Waals surface area contributed by atoms with Gasteiger partial charge in [-0.2, -0.15) is 0 Å². The van der Waals surface area contributed by atoms with E-state index in [2.05, 4.69) is 80.1 Å². The zero-order valence-electron chi connectivity index (χ0n) is 21.1. The Bertz CT molecular complexity index is 1090. The van der Waals surface area contributed by atoms with Crippen molar-refractivity contribution in [2.24, 2.45) is 0 Å². The van der Waals surface area contributed by atoms with E-state index in [0.29, 0.717) is 5.69 Å². The Morgan fingerprint density at radius 3 is 2.42 bits per heavy atom. The van der Waals surface area contributed by atoms with E-state index in [1.54, 1.807) is 6.20 Å². The van der Waals surface area contributed by atoms with Gasteiger partial charge in [0.1, 0.15) is 5.69 Å². The molecule has 1 aliphatic carbocycles. The highest BCUT2D eigenvalue weighted by atomic mass is 16.1. The zero-order valence-corrected chi connectivity index (χ0v) is 21.1. The van der Waals surface area contributed by atoms with Crippen LogP contribution in [0.25, 0.3) is 5.70 Å². The SMILES string of the molecule is C=C(c1ccc(C(=O)NC2CCN(CC3=CCCC=C3)CC2)nc1)N1CCN(c2ccccc2)CC1. The largest absolute Gasteiger partial charge is 0.368 e. The molecule has 0 atom stereocenters. The Labute approximate surface area is 215 Å². The number of carbonyl (C=O) groups is 1. The van der Waals surface area contributed by atoms with E-state index < -0.39 is 0 Å². The maximum atomic E-state index is 12.8. The molecule has 5 rings (SSSR count). The molecular weight excluding hydrogens is 446 g/mol. The summed E-state index contributed by atoms with van der Waals surface area (Å²) in [5, 5.41) is 3.20. The van der Waals surface area contributed by atoms with Gasteiger partial charge in [0.15, 0.2) is 0 Å². The van der Waals surface area contributed by atoms with Gasteiger partial charge in [0.25, 0.3) is 5.91 Å². The molecule has 3 heterocycles. The van der Waals surface area contributed by atoms with Crippen LogP contribution in [-0.2, 0) is 0 Å². The lowest BCUT2D eigenvalue weighted by molar-refractivity contribution is 0.0908. The van der Waals surface area contributed by atoms with E-state index in [-0.39, 0.29) is 11.9 Å². The minimum atomic E-state index is -0.0833. The highest BCUT2D eigenvalue weighted by Gasteiger charge is 2.23. The smallest absolute Gasteiger partial charge is 0.270 e. The summed E-state index contributed by atoms with van der Waals surface area (Å²) in [4.78, 5) is 24.5. The van der Waals surface area contributed by atoms with Crippen LogP contribution in [-0.4, -0.2) is 72.5 Å². The van der Waals surface area contributed by atoms with Crippen LogP contribution in [0.2, 0.25) is 0 Å². The number of nitrogens with zero attached hydrogens (tertiary/aromatic N) is 4. The second kappa shape index (κ2) is 11.6. The number of para-hydroxylation sites is 1. The Kier molecular flexibility index (Phi) is 7.82. The van der Waals surface area contributed by atoms with Crippen molar-refractivity contribution in [3.8, 4) is 0 Å². The highest BCUT2D eigenvalue weighted by Crippen LogP contribution is 2.22. The second-order valence-electron chi connectivity index (χ2n) is 9.97. The lowest BCUT2D eigenvalue weighted by atomic mass is 10.0. The van der Waals surface area contributed by atoms with Crippen LogP contribution in [0.3, 0.4) is 0 Å². The fourth-order valence-corrected chi connectivity index (χ4v) is 5.29. The summed E-state index contributed by atoms with van der Waals surface area (Å²) in [6, 6.07) is 14.6. The van der Waals surface area contributed by atoms with Gasteiger partial charge in [0.2, 0.25) is 0 Å². The van der Waals surface area contributed by atoms with Gasteiger partial charge in [0, 0.05) is 75.0 Å². The summed E-state index contributed by atoms with van der Waals surface area (Å²) in [6.07, 6.45) is 12.9. The van der Waals surface area contributed by atoms with Crippen molar-refractivity contribution in [2.45, 2.75) is 31.7 Å². The highest BCUT2D eigenvalue weighted by molar-refractivity contribution is 5.92. The Hall–Kier alpha value is -3.38. The minimum absolute atomic E-state index is 0.0833. The van der Waals surface area contributed by atoms with Crippen molar-refractivity contribution in [3.05, 3.63) is 90.3 Å². The van der Waals surface area contributed by atoms with Crippen LogP contribution >= 0.6 is 0 Å².